The van der Waals surface area contributed by atoms with Crippen LogP contribution in [0.4, 0.5) is 0 Å². The maximum atomic E-state index is 9.99. The van der Waals surface area contributed by atoms with E-state index in [1.54, 1.807) is 36.4 Å². The number of nitrogens with zero attached hydrogens (tertiary/aromatic N) is 1. The molecule has 0 bridgehead atoms. The van der Waals surface area contributed by atoms with Gasteiger partial charge in [0, 0.05) is 20.1 Å². The molecule has 2 rings (SSSR count). The van der Waals surface area contributed by atoms with Crippen molar-refractivity contribution in [2.24, 2.45) is 0 Å². The van der Waals surface area contributed by atoms with Crippen LogP contribution in [0.1, 0.15) is 11.1 Å². The lowest BCUT2D eigenvalue weighted by Gasteiger charge is -2.16. The Hall–Kier alpha value is -0.480. The largest absolute Gasteiger partial charge is 0.313 e. The Morgan fingerprint density at radius 3 is 1.50 bits per heavy atom. The minimum absolute atomic E-state index is 0.273. The number of hydroxylamine groups is 2. The summed E-state index contributed by atoms with van der Waals surface area (Å²) in [6, 6.07) is 10.3. The maximum Gasteiger partial charge on any atom is 0.0507 e. The summed E-state index contributed by atoms with van der Waals surface area (Å²) in [5, 5.41) is 13.3. The zero-order valence-corrected chi connectivity index (χ0v) is 13.3. The third-order valence-corrected chi connectivity index (χ3v) is 3.91. The van der Waals surface area contributed by atoms with Gasteiger partial charge in [0.15, 0.2) is 0 Å². The molecule has 0 saturated heterocycles. The summed E-state index contributed by atoms with van der Waals surface area (Å²) in [4.78, 5) is 0. The van der Waals surface area contributed by atoms with Crippen LogP contribution in [-0.2, 0) is 13.1 Å². The van der Waals surface area contributed by atoms with E-state index < -0.39 is 0 Å². The number of halogens is 4. The molecule has 2 aromatic carbocycles. The molecule has 2 nitrogen and oxygen atoms in total. The topological polar surface area (TPSA) is 23.5 Å². The lowest BCUT2D eigenvalue weighted by Crippen LogP contribution is -2.18. The average molecular weight is 351 g/mol. The van der Waals surface area contributed by atoms with Crippen molar-refractivity contribution < 1.29 is 5.21 Å². The molecule has 0 spiro atoms. The molecular weight excluding hydrogens is 340 g/mol. The lowest BCUT2D eigenvalue weighted by molar-refractivity contribution is -0.108. The van der Waals surface area contributed by atoms with Gasteiger partial charge in [-0.05, 0) is 35.4 Å². The van der Waals surface area contributed by atoms with Crippen molar-refractivity contribution in [3.05, 3.63) is 67.6 Å². The minimum Gasteiger partial charge on any atom is -0.313 e. The fourth-order valence-electron chi connectivity index (χ4n) is 1.75. The number of rotatable bonds is 4. The molecule has 0 aliphatic rings. The summed E-state index contributed by atoms with van der Waals surface area (Å²) in [7, 11) is 0. The summed E-state index contributed by atoms with van der Waals surface area (Å²) in [6.45, 7) is 0.546. The standard InChI is InChI=1S/C14H11Cl4NO/c15-11-3-1-9(13(17)5-11)7-19(20)8-10-2-4-12(16)6-14(10)18/h1-6,20H,7-8H2. The van der Waals surface area contributed by atoms with Crippen LogP contribution in [0.2, 0.25) is 20.1 Å². The van der Waals surface area contributed by atoms with E-state index in [0.717, 1.165) is 16.2 Å². The van der Waals surface area contributed by atoms with Crippen molar-refractivity contribution in [2.45, 2.75) is 13.1 Å². The van der Waals surface area contributed by atoms with Crippen molar-refractivity contribution in [2.75, 3.05) is 0 Å². The maximum absolute atomic E-state index is 9.99. The fourth-order valence-corrected chi connectivity index (χ4v) is 2.69. The van der Waals surface area contributed by atoms with Crippen LogP contribution in [0, 0.1) is 0 Å². The molecule has 0 heterocycles. The van der Waals surface area contributed by atoms with E-state index in [2.05, 4.69) is 0 Å². The first-order valence-electron chi connectivity index (χ1n) is 5.77. The monoisotopic (exact) mass is 349 g/mol. The Labute approximate surface area is 137 Å². The highest BCUT2D eigenvalue weighted by atomic mass is 35.5. The number of hydrogen-bond donors (Lipinski definition) is 1. The van der Waals surface area contributed by atoms with Crippen LogP contribution in [0.3, 0.4) is 0 Å². The first-order chi connectivity index (χ1) is 9.45. The molecule has 0 aromatic heterocycles. The summed E-state index contributed by atoms with van der Waals surface area (Å²) in [5.41, 5.74) is 1.56. The van der Waals surface area contributed by atoms with E-state index in [-0.39, 0.29) is 13.1 Å². The molecule has 6 heteroatoms. The van der Waals surface area contributed by atoms with Crippen LogP contribution in [0.5, 0.6) is 0 Å². The van der Waals surface area contributed by atoms with Crippen LogP contribution >= 0.6 is 46.4 Å². The van der Waals surface area contributed by atoms with E-state index >= 15 is 0 Å². The number of benzene rings is 2. The van der Waals surface area contributed by atoms with Crippen molar-refractivity contribution in [1.29, 1.82) is 0 Å². The van der Waals surface area contributed by atoms with Crippen LogP contribution in [0.15, 0.2) is 36.4 Å². The quantitative estimate of drug-likeness (QED) is 0.715. The SMILES string of the molecule is ON(Cc1ccc(Cl)cc1Cl)Cc1ccc(Cl)cc1Cl. The molecule has 0 unspecified atom stereocenters. The molecule has 0 amide bonds. The molecule has 0 saturated carbocycles. The molecule has 20 heavy (non-hydrogen) atoms. The number of hydrogen-bond acceptors (Lipinski definition) is 2. The van der Waals surface area contributed by atoms with Crippen LogP contribution in [-0.4, -0.2) is 10.3 Å². The summed E-state index contributed by atoms with van der Waals surface area (Å²) in [5.74, 6) is 0. The molecule has 2 aromatic rings. The van der Waals surface area contributed by atoms with Gasteiger partial charge in [0.1, 0.15) is 0 Å². The van der Waals surface area contributed by atoms with E-state index in [4.69, 9.17) is 46.4 Å². The van der Waals surface area contributed by atoms with E-state index in [0.29, 0.717) is 20.1 Å². The first-order valence-corrected chi connectivity index (χ1v) is 7.28. The molecule has 0 fully saturated rings. The van der Waals surface area contributed by atoms with Gasteiger partial charge in [-0.25, -0.2) is 0 Å². The fraction of sp³-hybridized carbons (Fsp3) is 0.143. The Kier molecular flexibility index (Phi) is 5.56. The van der Waals surface area contributed by atoms with Crippen molar-refractivity contribution in [3.8, 4) is 0 Å². The highest BCUT2D eigenvalue weighted by Crippen LogP contribution is 2.25. The van der Waals surface area contributed by atoms with Crippen molar-refractivity contribution in [1.82, 2.24) is 5.06 Å². The van der Waals surface area contributed by atoms with Gasteiger partial charge < -0.3 is 5.21 Å². The Balaban J connectivity index is 2.07. The second-order valence-corrected chi connectivity index (χ2v) is 5.98. The molecular formula is C14H11Cl4NO. The van der Waals surface area contributed by atoms with E-state index in [9.17, 15) is 5.21 Å². The lowest BCUT2D eigenvalue weighted by atomic mass is 10.2. The second kappa shape index (κ2) is 6.99. The molecule has 1 N–H and O–H groups in total. The third-order valence-electron chi connectivity index (χ3n) is 2.74. The third kappa shape index (κ3) is 4.26. The summed E-state index contributed by atoms with van der Waals surface area (Å²) >= 11 is 23.8. The molecule has 0 radical (unpaired) electrons. The Morgan fingerprint density at radius 1 is 0.750 bits per heavy atom. The Morgan fingerprint density at radius 2 is 1.15 bits per heavy atom. The molecule has 0 aliphatic heterocycles. The summed E-state index contributed by atoms with van der Waals surface area (Å²) in [6.07, 6.45) is 0. The summed E-state index contributed by atoms with van der Waals surface area (Å²) < 4.78 is 0. The van der Waals surface area contributed by atoms with E-state index in [1.165, 1.54) is 0 Å². The van der Waals surface area contributed by atoms with Gasteiger partial charge in [-0.3, -0.25) is 0 Å². The van der Waals surface area contributed by atoms with Gasteiger partial charge in [0.05, 0.1) is 13.1 Å². The minimum atomic E-state index is 0.273. The van der Waals surface area contributed by atoms with Crippen molar-refractivity contribution >= 4 is 46.4 Å². The van der Waals surface area contributed by atoms with Crippen LogP contribution < -0.4 is 0 Å². The van der Waals surface area contributed by atoms with Crippen LogP contribution in [0.25, 0.3) is 0 Å². The zero-order chi connectivity index (χ0) is 14.7. The smallest absolute Gasteiger partial charge is 0.0507 e. The van der Waals surface area contributed by atoms with Crippen molar-refractivity contribution in [3.63, 3.8) is 0 Å². The highest BCUT2D eigenvalue weighted by Gasteiger charge is 2.10. The first kappa shape index (κ1) is 15.9. The highest BCUT2D eigenvalue weighted by molar-refractivity contribution is 6.35. The van der Waals surface area contributed by atoms with E-state index in [1.807, 2.05) is 0 Å². The van der Waals surface area contributed by atoms with Gasteiger partial charge in [0.25, 0.3) is 0 Å². The Bertz CT molecular complexity index is 565. The molecule has 106 valence electrons. The predicted octanol–water partition coefficient (Wildman–Crippen LogP) is 5.69. The zero-order valence-electron chi connectivity index (χ0n) is 10.3. The van der Waals surface area contributed by atoms with Gasteiger partial charge in [-0.2, -0.15) is 5.06 Å². The van der Waals surface area contributed by atoms with Gasteiger partial charge >= 0.3 is 0 Å². The predicted molar refractivity (Wildman–Crippen MR) is 84.0 cm³/mol. The second-order valence-electron chi connectivity index (χ2n) is 4.29. The molecule has 0 atom stereocenters. The van der Waals surface area contributed by atoms with Gasteiger partial charge in [-0.15, -0.1) is 0 Å². The normalized spacial score (nSPS) is 11.1. The molecule has 0 aliphatic carbocycles. The van der Waals surface area contributed by atoms with Gasteiger partial charge in [-0.1, -0.05) is 58.5 Å². The average Bonchev–Trinajstić information content (AvgIpc) is 2.36. The van der Waals surface area contributed by atoms with Gasteiger partial charge in [0.2, 0.25) is 0 Å².